The summed E-state index contributed by atoms with van der Waals surface area (Å²) in [4.78, 5) is 10.1. The molecule has 1 fully saturated rings. The molecule has 0 aliphatic heterocycles. The van der Waals surface area contributed by atoms with Gasteiger partial charge in [0.05, 0.1) is 11.7 Å². The maximum Gasteiger partial charge on any atom is 0.335 e. The molecule has 116 valence electrons. The maximum absolute atomic E-state index is 13.7. The highest BCUT2D eigenvalue weighted by Crippen LogP contribution is 2.22. The molecule has 1 aromatic carbocycles. The number of nitrogens with one attached hydrogen (secondary N) is 1. The molecule has 0 radical (unpaired) electrons. The summed E-state index contributed by atoms with van der Waals surface area (Å²) < 4.78 is 40.3. The molecule has 0 bridgehead atoms. The Morgan fingerprint density at radius 3 is 2.57 bits per heavy atom. The molecule has 1 aromatic rings. The van der Waals surface area contributed by atoms with Gasteiger partial charge < -0.3 is 10.2 Å². The normalized spacial score (nSPS) is 23.0. The lowest BCUT2D eigenvalue weighted by Gasteiger charge is -2.28. The van der Waals surface area contributed by atoms with Gasteiger partial charge in [0.2, 0.25) is 10.0 Å². The lowest BCUT2D eigenvalue weighted by molar-refractivity contribution is 0.0696. The van der Waals surface area contributed by atoms with E-state index in [4.69, 9.17) is 5.11 Å². The number of sulfonamides is 1. The summed E-state index contributed by atoms with van der Waals surface area (Å²) in [5.74, 6) is -2.37. The highest BCUT2D eigenvalue weighted by atomic mass is 32.2. The third-order valence-corrected chi connectivity index (χ3v) is 5.01. The van der Waals surface area contributed by atoms with Crippen LogP contribution in [0.5, 0.6) is 0 Å². The number of hydrogen-bond acceptors (Lipinski definition) is 4. The van der Waals surface area contributed by atoms with Crippen molar-refractivity contribution in [2.75, 3.05) is 0 Å². The van der Waals surface area contributed by atoms with Gasteiger partial charge in [-0.05, 0) is 31.0 Å². The molecule has 0 saturated heterocycles. The molecule has 0 aromatic heterocycles. The monoisotopic (exact) mass is 317 g/mol. The molecule has 1 aliphatic rings. The lowest BCUT2D eigenvalue weighted by Crippen LogP contribution is -2.45. The summed E-state index contributed by atoms with van der Waals surface area (Å²) in [6.45, 7) is 0. The van der Waals surface area contributed by atoms with Crippen molar-refractivity contribution in [1.29, 1.82) is 0 Å². The molecule has 0 heterocycles. The number of carboxylic acid groups (broad SMARTS) is 1. The van der Waals surface area contributed by atoms with Crippen molar-refractivity contribution in [3.8, 4) is 0 Å². The van der Waals surface area contributed by atoms with Crippen LogP contribution in [0, 0.1) is 5.82 Å². The smallest absolute Gasteiger partial charge is 0.335 e. The first-order valence-corrected chi connectivity index (χ1v) is 8.03. The fourth-order valence-corrected chi connectivity index (χ4v) is 3.76. The summed E-state index contributed by atoms with van der Waals surface area (Å²) in [6, 6.07) is 1.88. The van der Waals surface area contributed by atoms with E-state index in [0.29, 0.717) is 12.8 Å². The average molecular weight is 317 g/mol. The molecule has 1 saturated carbocycles. The Hall–Kier alpha value is -1.51. The molecule has 3 N–H and O–H groups in total. The number of halogens is 1. The van der Waals surface area contributed by atoms with Gasteiger partial charge in [0.25, 0.3) is 0 Å². The summed E-state index contributed by atoms with van der Waals surface area (Å²) in [5, 5.41) is 18.6. The van der Waals surface area contributed by atoms with Crippen LogP contribution in [0.15, 0.2) is 23.1 Å². The standard InChI is InChI=1S/C13H16FNO5S/c14-9-6-5-8(13(17)18)7-12(9)21(19,20)15-10-3-1-2-4-11(10)16/h5-7,10-11,15-16H,1-4H2,(H,17,18)/t10-,11-/m1/s1. The van der Waals surface area contributed by atoms with E-state index in [2.05, 4.69) is 4.72 Å². The molecule has 2 rings (SSSR count). The first kappa shape index (κ1) is 15.9. The molecule has 2 atom stereocenters. The van der Waals surface area contributed by atoms with Gasteiger partial charge >= 0.3 is 5.97 Å². The number of benzene rings is 1. The average Bonchev–Trinajstić information content (AvgIpc) is 2.41. The predicted octanol–water partition coefficient (Wildman–Crippen LogP) is 1.11. The Morgan fingerprint density at radius 1 is 1.29 bits per heavy atom. The molecule has 0 unspecified atom stereocenters. The number of aliphatic hydroxyl groups excluding tert-OH is 1. The fraction of sp³-hybridized carbons (Fsp3) is 0.462. The zero-order chi connectivity index (χ0) is 15.6. The van der Waals surface area contributed by atoms with Crippen molar-refractivity contribution in [2.45, 2.75) is 42.7 Å². The molecule has 0 amide bonds. The van der Waals surface area contributed by atoms with Crippen molar-refractivity contribution in [2.24, 2.45) is 0 Å². The number of carboxylic acids is 1. The maximum atomic E-state index is 13.7. The van der Waals surface area contributed by atoms with Crippen LogP contribution in [0.2, 0.25) is 0 Å². The van der Waals surface area contributed by atoms with Crippen molar-refractivity contribution < 1.29 is 27.8 Å². The fourth-order valence-electron chi connectivity index (χ4n) is 2.35. The minimum absolute atomic E-state index is 0.319. The van der Waals surface area contributed by atoms with Crippen LogP contribution < -0.4 is 4.72 Å². The van der Waals surface area contributed by atoms with E-state index >= 15 is 0 Å². The zero-order valence-electron chi connectivity index (χ0n) is 11.1. The van der Waals surface area contributed by atoms with Gasteiger partial charge in [-0.3, -0.25) is 0 Å². The van der Waals surface area contributed by atoms with E-state index in [1.165, 1.54) is 0 Å². The predicted molar refractivity (Wildman–Crippen MR) is 71.9 cm³/mol. The van der Waals surface area contributed by atoms with E-state index in [-0.39, 0.29) is 5.56 Å². The Morgan fingerprint density at radius 2 is 1.95 bits per heavy atom. The van der Waals surface area contributed by atoms with Gasteiger partial charge in [-0.15, -0.1) is 0 Å². The van der Waals surface area contributed by atoms with Gasteiger partial charge in [0, 0.05) is 6.04 Å². The van der Waals surface area contributed by atoms with E-state index in [0.717, 1.165) is 31.0 Å². The van der Waals surface area contributed by atoms with Crippen LogP contribution in [-0.4, -0.2) is 36.7 Å². The SMILES string of the molecule is O=C(O)c1ccc(F)c(S(=O)(=O)N[C@@H]2CCCC[C@H]2O)c1. The van der Waals surface area contributed by atoms with Crippen LogP contribution in [0.25, 0.3) is 0 Å². The second-order valence-corrected chi connectivity index (χ2v) is 6.71. The van der Waals surface area contributed by atoms with Gasteiger partial charge in [0.1, 0.15) is 10.7 Å². The third-order valence-electron chi connectivity index (χ3n) is 3.50. The molecular weight excluding hydrogens is 301 g/mol. The van der Waals surface area contributed by atoms with Gasteiger partial charge in [-0.25, -0.2) is 22.3 Å². The van der Waals surface area contributed by atoms with Crippen molar-refractivity contribution in [3.63, 3.8) is 0 Å². The minimum Gasteiger partial charge on any atom is -0.478 e. The number of rotatable bonds is 4. The molecule has 21 heavy (non-hydrogen) atoms. The number of hydrogen-bond donors (Lipinski definition) is 3. The lowest BCUT2D eigenvalue weighted by atomic mass is 9.93. The quantitative estimate of drug-likeness (QED) is 0.771. The summed E-state index contributed by atoms with van der Waals surface area (Å²) in [7, 11) is -4.23. The minimum atomic E-state index is -4.23. The van der Waals surface area contributed by atoms with Crippen LogP contribution in [-0.2, 0) is 10.0 Å². The molecule has 6 nitrogen and oxygen atoms in total. The highest BCUT2D eigenvalue weighted by Gasteiger charge is 2.30. The molecule has 0 spiro atoms. The highest BCUT2D eigenvalue weighted by molar-refractivity contribution is 7.89. The van der Waals surface area contributed by atoms with Crippen LogP contribution in [0.1, 0.15) is 36.0 Å². The Kier molecular flexibility index (Phi) is 4.60. The molecule has 8 heteroatoms. The molecule has 1 aliphatic carbocycles. The Bertz CT molecular complexity index is 646. The number of aromatic carboxylic acids is 1. The zero-order valence-corrected chi connectivity index (χ0v) is 11.9. The largest absolute Gasteiger partial charge is 0.478 e. The second-order valence-electron chi connectivity index (χ2n) is 5.03. The first-order valence-electron chi connectivity index (χ1n) is 6.54. The van der Waals surface area contributed by atoms with Crippen LogP contribution in [0.4, 0.5) is 4.39 Å². The van der Waals surface area contributed by atoms with E-state index < -0.39 is 38.9 Å². The van der Waals surface area contributed by atoms with Gasteiger partial charge in [0.15, 0.2) is 0 Å². The Balaban J connectivity index is 2.30. The van der Waals surface area contributed by atoms with Crippen LogP contribution in [0.3, 0.4) is 0 Å². The van der Waals surface area contributed by atoms with Gasteiger partial charge in [-0.1, -0.05) is 12.8 Å². The van der Waals surface area contributed by atoms with E-state index in [1.54, 1.807) is 0 Å². The van der Waals surface area contributed by atoms with E-state index in [1.807, 2.05) is 0 Å². The Labute approximate surface area is 121 Å². The topological polar surface area (TPSA) is 104 Å². The summed E-state index contributed by atoms with van der Waals surface area (Å²) >= 11 is 0. The second kappa shape index (κ2) is 6.08. The molecular formula is C13H16FNO5S. The number of aliphatic hydroxyl groups is 1. The first-order chi connectivity index (χ1) is 9.81. The van der Waals surface area contributed by atoms with Crippen molar-refractivity contribution in [1.82, 2.24) is 4.72 Å². The summed E-state index contributed by atoms with van der Waals surface area (Å²) in [5.41, 5.74) is -0.319. The van der Waals surface area contributed by atoms with Crippen molar-refractivity contribution in [3.05, 3.63) is 29.6 Å². The van der Waals surface area contributed by atoms with E-state index in [9.17, 15) is 22.7 Å². The van der Waals surface area contributed by atoms with Gasteiger partial charge in [-0.2, -0.15) is 0 Å². The van der Waals surface area contributed by atoms with Crippen molar-refractivity contribution >= 4 is 16.0 Å². The summed E-state index contributed by atoms with van der Waals surface area (Å²) in [6.07, 6.45) is 1.69. The van der Waals surface area contributed by atoms with Crippen LogP contribution >= 0.6 is 0 Å². The third kappa shape index (κ3) is 3.58. The number of carbonyl (C=O) groups is 1.